The van der Waals surface area contributed by atoms with Crippen molar-refractivity contribution >= 4 is 6.03 Å². The fourth-order valence-electron chi connectivity index (χ4n) is 1.62. The van der Waals surface area contributed by atoms with Crippen LogP contribution in [0.2, 0.25) is 0 Å². The first-order chi connectivity index (χ1) is 9.77. The Morgan fingerprint density at radius 1 is 1.30 bits per heavy atom. The zero-order chi connectivity index (χ0) is 14.6. The van der Waals surface area contributed by atoms with Gasteiger partial charge in [-0.15, -0.1) is 0 Å². The quantitative estimate of drug-likeness (QED) is 0.519. The highest BCUT2D eigenvalue weighted by molar-refractivity contribution is 5.74. The maximum atomic E-state index is 12.0. The Labute approximate surface area is 119 Å². The van der Waals surface area contributed by atoms with E-state index in [1.165, 1.54) is 4.90 Å². The van der Waals surface area contributed by atoms with Gasteiger partial charge in [0.25, 0.3) is 0 Å². The number of benzene rings is 1. The molecule has 0 fully saturated rings. The third-order valence-corrected chi connectivity index (χ3v) is 2.63. The van der Waals surface area contributed by atoms with Crippen molar-refractivity contribution in [2.75, 3.05) is 40.2 Å². The Kier molecular flexibility index (Phi) is 8.37. The molecule has 6 nitrogen and oxygen atoms in total. The van der Waals surface area contributed by atoms with Crippen molar-refractivity contribution in [1.82, 2.24) is 10.2 Å². The molecule has 0 saturated heterocycles. The summed E-state index contributed by atoms with van der Waals surface area (Å²) in [4.78, 5) is 13.5. The number of carbonyl (C=O) groups is 1. The monoisotopic (exact) mass is 282 g/mol. The summed E-state index contributed by atoms with van der Waals surface area (Å²) in [5.74, 6) is 0. The summed E-state index contributed by atoms with van der Waals surface area (Å²) < 4.78 is 10.0. The summed E-state index contributed by atoms with van der Waals surface area (Å²) in [6.07, 6.45) is 0. The van der Waals surface area contributed by atoms with Crippen LogP contribution in [0.15, 0.2) is 30.3 Å². The molecule has 0 spiro atoms. The van der Waals surface area contributed by atoms with E-state index >= 15 is 0 Å². The number of rotatable bonds is 9. The zero-order valence-corrected chi connectivity index (χ0v) is 11.7. The molecule has 0 atom stereocenters. The Morgan fingerprint density at radius 2 is 2.05 bits per heavy atom. The molecule has 2 N–H and O–H groups in total. The molecular formula is C14H22N2O4. The first-order valence-electron chi connectivity index (χ1n) is 6.52. The summed E-state index contributed by atoms with van der Waals surface area (Å²) in [5.41, 5.74) is 1.01. The Bertz CT molecular complexity index is 373. The number of aliphatic hydroxyl groups excluding tert-OH is 1. The highest BCUT2D eigenvalue weighted by Gasteiger charge is 2.12. The lowest BCUT2D eigenvalue weighted by Crippen LogP contribution is -2.42. The van der Waals surface area contributed by atoms with Gasteiger partial charge in [-0.05, 0) is 5.56 Å². The molecule has 0 aliphatic heterocycles. The highest BCUT2D eigenvalue weighted by atomic mass is 16.5. The Hall–Kier alpha value is -1.63. The van der Waals surface area contributed by atoms with E-state index in [2.05, 4.69) is 5.32 Å². The molecule has 6 heteroatoms. The molecular weight excluding hydrogens is 260 g/mol. The second-order valence-electron chi connectivity index (χ2n) is 4.16. The van der Waals surface area contributed by atoms with E-state index in [-0.39, 0.29) is 25.9 Å². The number of hydrogen-bond acceptors (Lipinski definition) is 4. The summed E-state index contributed by atoms with van der Waals surface area (Å²) in [6, 6.07) is 9.36. The molecule has 1 aromatic carbocycles. The first-order valence-corrected chi connectivity index (χ1v) is 6.52. The molecule has 0 unspecified atom stereocenters. The fourth-order valence-corrected chi connectivity index (χ4v) is 1.62. The smallest absolute Gasteiger partial charge is 0.319 e. The average molecular weight is 282 g/mol. The topological polar surface area (TPSA) is 71.0 Å². The van der Waals surface area contributed by atoms with Crippen LogP contribution in [0.5, 0.6) is 0 Å². The molecule has 0 heterocycles. The lowest BCUT2D eigenvalue weighted by molar-refractivity contribution is 0.0609. The van der Waals surface area contributed by atoms with Crippen molar-refractivity contribution in [2.24, 2.45) is 0 Å². The van der Waals surface area contributed by atoms with Crippen LogP contribution in [-0.2, 0) is 16.0 Å². The standard InChI is InChI=1S/C14H22N2O4/c1-19-9-10-20-12-15-14(18)16(7-8-17)11-13-5-3-2-4-6-13/h2-6,17H,7-12H2,1H3,(H,15,18). The van der Waals surface area contributed by atoms with Gasteiger partial charge in [-0.2, -0.15) is 0 Å². The van der Waals surface area contributed by atoms with E-state index in [1.807, 2.05) is 30.3 Å². The van der Waals surface area contributed by atoms with Gasteiger partial charge in [0.05, 0.1) is 19.8 Å². The predicted molar refractivity (Wildman–Crippen MR) is 75.2 cm³/mol. The Morgan fingerprint density at radius 3 is 2.70 bits per heavy atom. The predicted octanol–water partition coefficient (Wildman–Crippen LogP) is 0.811. The van der Waals surface area contributed by atoms with Crippen molar-refractivity contribution in [3.63, 3.8) is 0 Å². The second-order valence-corrected chi connectivity index (χ2v) is 4.16. The van der Waals surface area contributed by atoms with Gasteiger partial charge < -0.3 is 24.8 Å². The molecule has 0 aromatic heterocycles. The summed E-state index contributed by atoms with van der Waals surface area (Å²) in [6.45, 7) is 1.68. The molecule has 1 aromatic rings. The van der Waals surface area contributed by atoms with Crippen LogP contribution in [-0.4, -0.2) is 56.2 Å². The minimum absolute atomic E-state index is 0.0786. The highest BCUT2D eigenvalue weighted by Crippen LogP contribution is 2.04. The van der Waals surface area contributed by atoms with Crippen LogP contribution in [0.3, 0.4) is 0 Å². The second kappa shape index (κ2) is 10.2. The molecule has 0 saturated carbocycles. The van der Waals surface area contributed by atoms with E-state index in [1.54, 1.807) is 7.11 Å². The number of amides is 2. The first kappa shape index (κ1) is 16.4. The lowest BCUT2D eigenvalue weighted by Gasteiger charge is -2.22. The summed E-state index contributed by atoms with van der Waals surface area (Å²) >= 11 is 0. The van der Waals surface area contributed by atoms with Crippen molar-refractivity contribution in [2.45, 2.75) is 6.54 Å². The molecule has 0 bridgehead atoms. The number of ether oxygens (including phenoxy) is 2. The van der Waals surface area contributed by atoms with Crippen LogP contribution in [0.25, 0.3) is 0 Å². The van der Waals surface area contributed by atoms with Crippen molar-refractivity contribution in [3.8, 4) is 0 Å². The van der Waals surface area contributed by atoms with Gasteiger partial charge in [0, 0.05) is 20.2 Å². The minimum atomic E-state index is -0.264. The maximum Gasteiger partial charge on any atom is 0.319 e. The number of nitrogens with zero attached hydrogens (tertiary/aromatic N) is 1. The van der Waals surface area contributed by atoms with Crippen molar-refractivity contribution < 1.29 is 19.4 Å². The third-order valence-electron chi connectivity index (χ3n) is 2.63. The average Bonchev–Trinajstić information content (AvgIpc) is 2.47. The number of hydrogen-bond donors (Lipinski definition) is 2. The molecule has 2 amide bonds. The maximum absolute atomic E-state index is 12.0. The van der Waals surface area contributed by atoms with Gasteiger partial charge in [0.15, 0.2) is 0 Å². The zero-order valence-electron chi connectivity index (χ0n) is 11.7. The van der Waals surface area contributed by atoms with Gasteiger partial charge in [-0.25, -0.2) is 4.79 Å². The van der Waals surface area contributed by atoms with Crippen molar-refractivity contribution in [3.05, 3.63) is 35.9 Å². The SMILES string of the molecule is COCCOCNC(=O)N(CCO)Cc1ccccc1. The molecule has 20 heavy (non-hydrogen) atoms. The molecule has 0 radical (unpaired) electrons. The van der Waals surface area contributed by atoms with Crippen LogP contribution >= 0.6 is 0 Å². The van der Waals surface area contributed by atoms with Gasteiger partial charge in [0.2, 0.25) is 0 Å². The number of nitrogens with one attached hydrogen (secondary N) is 1. The number of methoxy groups -OCH3 is 1. The molecule has 1 rings (SSSR count). The molecule has 112 valence electrons. The lowest BCUT2D eigenvalue weighted by atomic mass is 10.2. The minimum Gasteiger partial charge on any atom is -0.395 e. The van der Waals surface area contributed by atoms with E-state index in [9.17, 15) is 4.79 Å². The molecule has 0 aliphatic rings. The van der Waals surface area contributed by atoms with Crippen LogP contribution < -0.4 is 5.32 Å². The van der Waals surface area contributed by atoms with Crippen LogP contribution in [0.1, 0.15) is 5.56 Å². The van der Waals surface area contributed by atoms with Crippen LogP contribution in [0.4, 0.5) is 4.79 Å². The summed E-state index contributed by atoms with van der Waals surface area (Å²) in [5, 5.41) is 11.7. The normalized spacial score (nSPS) is 10.3. The van der Waals surface area contributed by atoms with E-state index in [4.69, 9.17) is 14.6 Å². The van der Waals surface area contributed by atoms with Gasteiger partial charge >= 0.3 is 6.03 Å². The molecule has 0 aliphatic carbocycles. The fraction of sp³-hybridized carbons (Fsp3) is 0.500. The van der Waals surface area contributed by atoms with E-state index < -0.39 is 0 Å². The van der Waals surface area contributed by atoms with Gasteiger partial charge in [0.1, 0.15) is 6.73 Å². The van der Waals surface area contributed by atoms with Crippen molar-refractivity contribution in [1.29, 1.82) is 0 Å². The third kappa shape index (κ3) is 6.51. The van der Waals surface area contributed by atoms with Crippen LogP contribution in [0, 0.1) is 0 Å². The van der Waals surface area contributed by atoms with E-state index in [0.717, 1.165) is 5.56 Å². The largest absolute Gasteiger partial charge is 0.395 e. The van der Waals surface area contributed by atoms with Gasteiger partial charge in [-0.3, -0.25) is 0 Å². The number of urea groups is 1. The number of aliphatic hydroxyl groups is 1. The van der Waals surface area contributed by atoms with E-state index in [0.29, 0.717) is 19.8 Å². The Balaban J connectivity index is 2.38. The van der Waals surface area contributed by atoms with Gasteiger partial charge in [-0.1, -0.05) is 30.3 Å². The number of carbonyl (C=O) groups excluding carboxylic acids is 1. The summed E-state index contributed by atoms with van der Waals surface area (Å²) in [7, 11) is 1.59.